The number of ether oxygens (including phenoxy) is 2. The first kappa shape index (κ1) is 18.4. The van der Waals surface area contributed by atoms with Crippen LogP contribution >= 0.6 is 22.9 Å². The van der Waals surface area contributed by atoms with Crippen LogP contribution in [0.3, 0.4) is 0 Å². The number of hydrogen-bond donors (Lipinski definition) is 0. The molecule has 0 aliphatic carbocycles. The van der Waals surface area contributed by atoms with Gasteiger partial charge in [-0.25, -0.2) is 0 Å². The second-order valence-corrected chi connectivity index (χ2v) is 8.63. The highest BCUT2D eigenvalue weighted by molar-refractivity contribution is 7.10. The maximum Gasteiger partial charge on any atom is 0.232 e. The fourth-order valence-electron chi connectivity index (χ4n) is 3.73. The summed E-state index contributed by atoms with van der Waals surface area (Å²) >= 11 is 7.56. The molecule has 29 heavy (non-hydrogen) atoms. The fourth-order valence-corrected chi connectivity index (χ4v) is 4.50. The van der Waals surface area contributed by atoms with E-state index in [4.69, 9.17) is 21.1 Å². The first-order valence-electron chi connectivity index (χ1n) is 9.32. The number of nitrogens with zero attached hydrogens (tertiary/aromatic N) is 1. The monoisotopic (exact) mass is 423 g/mol. The molecule has 5 rings (SSSR count). The maximum atomic E-state index is 13.0. The van der Waals surface area contributed by atoms with Gasteiger partial charge in [-0.15, -0.1) is 11.3 Å². The number of ketones is 1. The van der Waals surface area contributed by atoms with Crippen molar-refractivity contribution in [3.8, 4) is 11.5 Å². The molecule has 0 bridgehead atoms. The SMILES string of the molecule is Cc1cc2c(c3c1C(=O)/C(=C/c1cccs1)O3)CN(Cc1ccc(Cl)cc1)CO2. The smallest absolute Gasteiger partial charge is 0.232 e. The van der Waals surface area contributed by atoms with Crippen LogP contribution < -0.4 is 9.47 Å². The van der Waals surface area contributed by atoms with Gasteiger partial charge in [0.1, 0.15) is 18.2 Å². The van der Waals surface area contributed by atoms with Crippen LogP contribution in [-0.4, -0.2) is 17.4 Å². The van der Waals surface area contributed by atoms with Crippen molar-refractivity contribution in [2.75, 3.05) is 6.73 Å². The molecule has 4 nitrogen and oxygen atoms in total. The van der Waals surface area contributed by atoms with E-state index >= 15 is 0 Å². The molecular weight excluding hydrogens is 406 g/mol. The van der Waals surface area contributed by atoms with Crippen LogP contribution in [0.25, 0.3) is 6.08 Å². The first-order chi connectivity index (χ1) is 14.1. The summed E-state index contributed by atoms with van der Waals surface area (Å²) in [5, 5.41) is 2.70. The normalized spacial score (nSPS) is 17.0. The van der Waals surface area contributed by atoms with Gasteiger partial charge in [0.05, 0.1) is 11.1 Å². The maximum absolute atomic E-state index is 13.0. The molecule has 0 saturated carbocycles. The lowest BCUT2D eigenvalue weighted by Gasteiger charge is -2.30. The Bertz CT molecular complexity index is 1120. The number of fused-ring (bicyclic) bond motifs is 3. The molecule has 0 amide bonds. The van der Waals surface area contributed by atoms with E-state index in [1.807, 2.05) is 60.8 Å². The number of thiophene rings is 1. The zero-order valence-corrected chi connectivity index (χ0v) is 17.3. The van der Waals surface area contributed by atoms with E-state index < -0.39 is 0 Å². The Hall–Kier alpha value is -2.60. The van der Waals surface area contributed by atoms with E-state index in [2.05, 4.69) is 4.90 Å². The van der Waals surface area contributed by atoms with Gasteiger partial charge >= 0.3 is 0 Å². The highest BCUT2D eigenvalue weighted by Crippen LogP contribution is 2.44. The summed E-state index contributed by atoms with van der Waals surface area (Å²) in [5.41, 5.74) is 3.60. The number of benzene rings is 2. The summed E-state index contributed by atoms with van der Waals surface area (Å²) in [7, 11) is 0. The van der Waals surface area contributed by atoms with Gasteiger partial charge in [-0.05, 0) is 47.7 Å². The van der Waals surface area contributed by atoms with Crippen molar-refractivity contribution >= 4 is 34.8 Å². The highest BCUT2D eigenvalue weighted by Gasteiger charge is 2.35. The van der Waals surface area contributed by atoms with E-state index in [1.165, 1.54) is 0 Å². The minimum Gasteiger partial charge on any atom is -0.478 e. The molecule has 3 heterocycles. The van der Waals surface area contributed by atoms with E-state index in [-0.39, 0.29) is 5.78 Å². The van der Waals surface area contributed by atoms with Crippen LogP contribution in [0.15, 0.2) is 53.6 Å². The standard InChI is InChI=1S/C23H18ClNO3S/c1-14-9-19-18(12-25(13-27-19)11-15-4-6-16(24)7-5-15)23-21(14)22(26)20(28-23)10-17-3-2-8-29-17/h2-10H,11-13H2,1H3/b20-10-. The average Bonchev–Trinajstić information content (AvgIpc) is 3.33. The Balaban J connectivity index is 1.46. The largest absolute Gasteiger partial charge is 0.478 e. The molecule has 0 saturated heterocycles. The second kappa shape index (κ2) is 7.34. The number of allylic oxidation sites excluding steroid dienone is 1. The summed E-state index contributed by atoms with van der Waals surface area (Å²) < 4.78 is 12.1. The Kier molecular flexibility index (Phi) is 4.66. The van der Waals surface area contributed by atoms with E-state index in [1.54, 1.807) is 11.3 Å². The molecule has 0 spiro atoms. The quantitative estimate of drug-likeness (QED) is 0.508. The van der Waals surface area contributed by atoms with Gasteiger partial charge in [-0.3, -0.25) is 9.69 Å². The lowest BCUT2D eigenvalue weighted by molar-refractivity contribution is 0.0872. The molecular formula is C23H18ClNO3S. The molecule has 6 heteroatoms. The summed E-state index contributed by atoms with van der Waals surface area (Å²) in [5.74, 6) is 1.73. The second-order valence-electron chi connectivity index (χ2n) is 7.22. The van der Waals surface area contributed by atoms with Gasteiger partial charge in [-0.1, -0.05) is 29.8 Å². The van der Waals surface area contributed by atoms with Crippen LogP contribution in [0.4, 0.5) is 0 Å². The number of carbonyl (C=O) groups is 1. The molecule has 2 aromatic carbocycles. The molecule has 2 aliphatic rings. The van der Waals surface area contributed by atoms with Crippen molar-refractivity contribution in [3.63, 3.8) is 0 Å². The summed E-state index contributed by atoms with van der Waals surface area (Å²) in [6, 6.07) is 13.7. The number of halogens is 1. The predicted octanol–water partition coefficient (Wildman–Crippen LogP) is 5.68. The molecule has 0 N–H and O–H groups in total. The molecule has 0 atom stereocenters. The minimum atomic E-state index is -0.0662. The number of hydrogen-bond acceptors (Lipinski definition) is 5. The van der Waals surface area contributed by atoms with Crippen LogP contribution in [0.1, 0.15) is 31.9 Å². The van der Waals surface area contributed by atoms with Crippen LogP contribution in [0.5, 0.6) is 11.5 Å². The third kappa shape index (κ3) is 3.46. The number of carbonyl (C=O) groups excluding carboxylic acids is 1. The third-order valence-electron chi connectivity index (χ3n) is 5.12. The Morgan fingerprint density at radius 3 is 2.83 bits per heavy atom. The Morgan fingerprint density at radius 2 is 2.07 bits per heavy atom. The van der Waals surface area contributed by atoms with Crippen molar-refractivity contribution in [1.82, 2.24) is 4.90 Å². The van der Waals surface area contributed by atoms with Gasteiger partial charge in [0.15, 0.2) is 5.76 Å². The van der Waals surface area contributed by atoms with Gasteiger partial charge in [-0.2, -0.15) is 0 Å². The van der Waals surface area contributed by atoms with Gasteiger partial charge in [0.25, 0.3) is 0 Å². The predicted molar refractivity (Wildman–Crippen MR) is 115 cm³/mol. The van der Waals surface area contributed by atoms with Crippen molar-refractivity contribution in [3.05, 3.63) is 85.8 Å². The van der Waals surface area contributed by atoms with Gasteiger partial charge < -0.3 is 9.47 Å². The van der Waals surface area contributed by atoms with E-state index in [9.17, 15) is 4.79 Å². The number of Topliss-reactive ketones (excluding diaryl/α,β-unsaturated/α-hetero) is 1. The molecule has 0 radical (unpaired) electrons. The van der Waals surface area contributed by atoms with Gasteiger partial charge in [0.2, 0.25) is 5.78 Å². The van der Waals surface area contributed by atoms with Crippen LogP contribution in [-0.2, 0) is 13.1 Å². The average molecular weight is 424 g/mol. The van der Waals surface area contributed by atoms with Crippen molar-refractivity contribution in [2.45, 2.75) is 20.0 Å². The minimum absolute atomic E-state index is 0.0662. The summed E-state index contributed by atoms with van der Waals surface area (Å²) in [6.45, 7) is 3.79. The van der Waals surface area contributed by atoms with Crippen LogP contribution in [0.2, 0.25) is 5.02 Å². The van der Waals surface area contributed by atoms with Gasteiger partial charge in [0, 0.05) is 29.1 Å². The molecule has 3 aromatic rings. The molecule has 1 aromatic heterocycles. The van der Waals surface area contributed by atoms with E-state index in [0.29, 0.717) is 30.3 Å². The number of aryl methyl sites for hydroxylation is 1. The van der Waals surface area contributed by atoms with E-state index in [0.717, 1.165) is 38.9 Å². The summed E-state index contributed by atoms with van der Waals surface area (Å²) in [4.78, 5) is 16.1. The van der Waals surface area contributed by atoms with Crippen molar-refractivity contribution in [1.29, 1.82) is 0 Å². The lowest BCUT2D eigenvalue weighted by atomic mass is 9.98. The third-order valence-corrected chi connectivity index (χ3v) is 6.20. The summed E-state index contributed by atoms with van der Waals surface area (Å²) in [6.07, 6.45) is 1.81. The Morgan fingerprint density at radius 1 is 1.24 bits per heavy atom. The van der Waals surface area contributed by atoms with Crippen molar-refractivity contribution in [2.24, 2.45) is 0 Å². The van der Waals surface area contributed by atoms with Crippen LogP contribution in [0, 0.1) is 6.92 Å². The topological polar surface area (TPSA) is 38.8 Å². The molecule has 2 aliphatic heterocycles. The first-order valence-corrected chi connectivity index (χ1v) is 10.6. The zero-order chi connectivity index (χ0) is 20.0. The Labute approximate surface area is 177 Å². The zero-order valence-electron chi connectivity index (χ0n) is 15.8. The van der Waals surface area contributed by atoms with Crippen molar-refractivity contribution < 1.29 is 14.3 Å². The molecule has 0 fully saturated rings. The number of rotatable bonds is 3. The fraction of sp³-hybridized carbons (Fsp3) is 0.174. The lowest BCUT2D eigenvalue weighted by Crippen LogP contribution is -2.31. The highest BCUT2D eigenvalue weighted by atomic mass is 35.5. The molecule has 0 unspecified atom stereocenters. The molecule has 146 valence electrons.